The van der Waals surface area contributed by atoms with E-state index in [0.717, 1.165) is 12.3 Å². The highest BCUT2D eigenvalue weighted by atomic mass is 19.4. The van der Waals surface area contributed by atoms with Gasteiger partial charge in [-0.25, -0.2) is 9.97 Å². The van der Waals surface area contributed by atoms with Gasteiger partial charge in [0.05, 0.1) is 0 Å². The summed E-state index contributed by atoms with van der Waals surface area (Å²) in [4.78, 5) is 18.5. The summed E-state index contributed by atoms with van der Waals surface area (Å²) in [7, 11) is 0. The van der Waals surface area contributed by atoms with Gasteiger partial charge in [-0.3, -0.25) is 4.79 Å². The number of carbonyl (C=O) groups is 1. The third-order valence-electron chi connectivity index (χ3n) is 2.64. The van der Waals surface area contributed by atoms with Crippen LogP contribution in [-0.2, 0) is 11.0 Å². The van der Waals surface area contributed by atoms with Gasteiger partial charge in [0, 0.05) is 6.20 Å². The van der Waals surface area contributed by atoms with E-state index in [0.29, 0.717) is 5.56 Å². The molecule has 1 amide bonds. The molecule has 0 aliphatic heterocycles. The Balaban J connectivity index is 2.28. The van der Waals surface area contributed by atoms with Crippen molar-refractivity contribution in [1.82, 2.24) is 9.97 Å². The van der Waals surface area contributed by atoms with Crippen LogP contribution >= 0.6 is 0 Å². The van der Waals surface area contributed by atoms with Crippen molar-refractivity contribution in [1.29, 1.82) is 0 Å². The average molecular weight is 296 g/mol. The molecule has 110 valence electrons. The van der Waals surface area contributed by atoms with Gasteiger partial charge in [0.15, 0.2) is 0 Å². The molecule has 21 heavy (non-hydrogen) atoms. The molecule has 8 heteroatoms. The molecule has 2 rings (SSSR count). The molecule has 0 saturated heterocycles. The third kappa shape index (κ3) is 3.68. The quantitative estimate of drug-likeness (QED) is 0.905. The Morgan fingerprint density at radius 3 is 2.43 bits per heavy atom. The van der Waals surface area contributed by atoms with E-state index in [9.17, 15) is 18.0 Å². The standard InChI is InChI=1S/C13H11F3N4O/c14-13(15,16)9-6-7-18-12(19-9)20-10(11(17)21)8-4-2-1-3-5-8/h1-7,10H,(H2,17,21)(H,18,19,20). The summed E-state index contributed by atoms with van der Waals surface area (Å²) >= 11 is 0. The first kappa shape index (κ1) is 14.8. The van der Waals surface area contributed by atoms with Gasteiger partial charge >= 0.3 is 6.18 Å². The number of aromatic nitrogens is 2. The Labute approximate surface area is 118 Å². The number of anilines is 1. The van der Waals surface area contributed by atoms with Crippen LogP contribution in [0.2, 0.25) is 0 Å². The second kappa shape index (κ2) is 5.78. The Kier molecular flexibility index (Phi) is 4.06. The summed E-state index contributed by atoms with van der Waals surface area (Å²) in [6.07, 6.45) is -3.63. The van der Waals surface area contributed by atoms with Crippen molar-refractivity contribution in [3.05, 3.63) is 53.9 Å². The summed E-state index contributed by atoms with van der Waals surface area (Å²) in [6, 6.07) is 8.07. The summed E-state index contributed by atoms with van der Waals surface area (Å²) < 4.78 is 37.7. The fraction of sp³-hybridized carbons (Fsp3) is 0.154. The second-order valence-electron chi connectivity index (χ2n) is 4.15. The molecule has 1 heterocycles. The first-order valence-corrected chi connectivity index (χ1v) is 5.89. The maximum atomic E-state index is 12.6. The Hall–Kier alpha value is -2.64. The molecule has 0 aliphatic carbocycles. The van der Waals surface area contributed by atoms with Crippen LogP contribution in [0.15, 0.2) is 42.6 Å². The lowest BCUT2D eigenvalue weighted by atomic mass is 10.1. The van der Waals surface area contributed by atoms with Crippen LogP contribution in [0.5, 0.6) is 0 Å². The molecule has 1 aromatic heterocycles. The minimum atomic E-state index is -4.59. The largest absolute Gasteiger partial charge is 0.433 e. The van der Waals surface area contributed by atoms with Gasteiger partial charge in [-0.05, 0) is 11.6 Å². The maximum Gasteiger partial charge on any atom is 0.433 e. The van der Waals surface area contributed by atoms with Crippen molar-refractivity contribution in [2.75, 3.05) is 5.32 Å². The predicted molar refractivity (Wildman–Crippen MR) is 69.0 cm³/mol. The number of hydrogen-bond donors (Lipinski definition) is 2. The van der Waals surface area contributed by atoms with Gasteiger partial charge in [0.2, 0.25) is 11.9 Å². The number of carbonyl (C=O) groups excluding carboxylic acids is 1. The van der Waals surface area contributed by atoms with E-state index in [-0.39, 0.29) is 5.95 Å². The van der Waals surface area contributed by atoms with Gasteiger partial charge in [-0.2, -0.15) is 13.2 Å². The topological polar surface area (TPSA) is 80.9 Å². The number of benzene rings is 1. The fourth-order valence-corrected chi connectivity index (χ4v) is 1.68. The van der Waals surface area contributed by atoms with Crippen molar-refractivity contribution in [2.24, 2.45) is 5.73 Å². The van der Waals surface area contributed by atoms with Gasteiger partial charge in [0.25, 0.3) is 0 Å². The molecule has 5 nitrogen and oxygen atoms in total. The Bertz CT molecular complexity index is 631. The van der Waals surface area contributed by atoms with Crippen molar-refractivity contribution in [2.45, 2.75) is 12.2 Å². The zero-order chi connectivity index (χ0) is 15.5. The van der Waals surface area contributed by atoms with E-state index in [1.54, 1.807) is 30.3 Å². The van der Waals surface area contributed by atoms with Crippen molar-refractivity contribution >= 4 is 11.9 Å². The number of primary amides is 1. The van der Waals surface area contributed by atoms with Gasteiger partial charge in [0.1, 0.15) is 11.7 Å². The molecule has 2 aromatic rings. The first-order valence-electron chi connectivity index (χ1n) is 5.89. The summed E-state index contributed by atoms with van der Waals surface area (Å²) in [5.74, 6) is -1.07. The van der Waals surface area contributed by atoms with Gasteiger partial charge in [-0.1, -0.05) is 30.3 Å². The number of nitrogens with zero attached hydrogens (tertiary/aromatic N) is 2. The lowest BCUT2D eigenvalue weighted by Crippen LogP contribution is -2.28. The highest BCUT2D eigenvalue weighted by molar-refractivity contribution is 5.83. The number of alkyl halides is 3. The number of nitrogens with two attached hydrogens (primary N) is 1. The van der Waals surface area contributed by atoms with Crippen LogP contribution in [0.4, 0.5) is 19.1 Å². The average Bonchev–Trinajstić information content (AvgIpc) is 2.45. The van der Waals surface area contributed by atoms with E-state index in [2.05, 4.69) is 15.3 Å². The summed E-state index contributed by atoms with van der Waals surface area (Å²) in [5.41, 5.74) is 4.67. The lowest BCUT2D eigenvalue weighted by Gasteiger charge is -2.16. The molecule has 0 spiro atoms. The fourth-order valence-electron chi connectivity index (χ4n) is 1.68. The van der Waals surface area contributed by atoms with Crippen LogP contribution in [0.1, 0.15) is 17.3 Å². The Morgan fingerprint density at radius 2 is 1.86 bits per heavy atom. The summed E-state index contributed by atoms with van der Waals surface area (Å²) in [5, 5.41) is 2.51. The number of amides is 1. The molecule has 3 N–H and O–H groups in total. The molecular formula is C13H11F3N4O. The molecule has 0 saturated carbocycles. The van der Waals surface area contributed by atoms with Crippen LogP contribution in [0.25, 0.3) is 0 Å². The molecule has 0 bridgehead atoms. The Morgan fingerprint density at radius 1 is 1.19 bits per heavy atom. The highest BCUT2D eigenvalue weighted by Crippen LogP contribution is 2.28. The lowest BCUT2D eigenvalue weighted by molar-refractivity contribution is -0.141. The minimum absolute atomic E-state index is 0.322. The predicted octanol–water partition coefficient (Wildman–Crippen LogP) is 2.13. The molecule has 0 aliphatic rings. The van der Waals surface area contributed by atoms with Crippen LogP contribution in [-0.4, -0.2) is 15.9 Å². The number of hydrogen-bond acceptors (Lipinski definition) is 4. The zero-order valence-electron chi connectivity index (χ0n) is 10.6. The van der Waals surface area contributed by atoms with E-state index >= 15 is 0 Å². The van der Waals surface area contributed by atoms with Crippen molar-refractivity contribution in [3.8, 4) is 0 Å². The smallest absolute Gasteiger partial charge is 0.368 e. The molecule has 1 aromatic carbocycles. The number of rotatable bonds is 4. The molecule has 1 unspecified atom stereocenters. The molecule has 0 radical (unpaired) electrons. The van der Waals surface area contributed by atoms with Gasteiger partial charge < -0.3 is 11.1 Å². The maximum absolute atomic E-state index is 12.6. The summed E-state index contributed by atoms with van der Waals surface area (Å²) in [6.45, 7) is 0. The third-order valence-corrected chi connectivity index (χ3v) is 2.64. The van der Waals surface area contributed by atoms with E-state index < -0.39 is 23.8 Å². The minimum Gasteiger partial charge on any atom is -0.368 e. The normalized spacial score (nSPS) is 12.7. The molecular weight excluding hydrogens is 285 g/mol. The van der Waals surface area contributed by atoms with E-state index in [1.165, 1.54) is 0 Å². The molecule has 0 fully saturated rings. The SMILES string of the molecule is NC(=O)C(Nc1nccc(C(F)(F)F)n1)c1ccccc1. The van der Waals surface area contributed by atoms with E-state index in [4.69, 9.17) is 5.73 Å². The van der Waals surface area contributed by atoms with Crippen molar-refractivity contribution in [3.63, 3.8) is 0 Å². The van der Waals surface area contributed by atoms with Crippen LogP contribution in [0.3, 0.4) is 0 Å². The van der Waals surface area contributed by atoms with Crippen LogP contribution < -0.4 is 11.1 Å². The highest BCUT2D eigenvalue weighted by Gasteiger charge is 2.33. The van der Waals surface area contributed by atoms with Gasteiger partial charge in [-0.15, -0.1) is 0 Å². The van der Waals surface area contributed by atoms with Crippen LogP contribution in [0, 0.1) is 0 Å². The number of nitrogens with one attached hydrogen (secondary N) is 1. The van der Waals surface area contributed by atoms with E-state index in [1.807, 2.05) is 0 Å². The zero-order valence-corrected chi connectivity index (χ0v) is 10.6. The van der Waals surface area contributed by atoms with Crippen molar-refractivity contribution < 1.29 is 18.0 Å². The second-order valence-corrected chi connectivity index (χ2v) is 4.15. The number of halogens is 3. The first-order chi connectivity index (χ1) is 9.88. The molecule has 1 atom stereocenters. The monoisotopic (exact) mass is 296 g/mol.